The SMILES string of the molecule is c1ccc2cc3c(cc2c1)sc1c2cc4ccc5c6cc7ccccc7cc6sc5c4cc2ccc31. The van der Waals surface area contributed by atoms with Crippen molar-refractivity contribution in [3.05, 3.63) is 109 Å². The zero-order chi connectivity index (χ0) is 23.4. The van der Waals surface area contributed by atoms with Crippen molar-refractivity contribution in [2.75, 3.05) is 0 Å². The minimum absolute atomic E-state index is 1.31. The van der Waals surface area contributed by atoms with Gasteiger partial charge < -0.3 is 0 Å². The molecule has 0 amide bonds. The molecule has 0 spiro atoms. The summed E-state index contributed by atoms with van der Waals surface area (Å²) in [6.45, 7) is 0. The van der Waals surface area contributed by atoms with Gasteiger partial charge in [-0.15, -0.1) is 22.7 Å². The zero-order valence-corrected chi connectivity index (χ0v) is 20.8. The summed E-state index contributed by atoms with van der Waals surface area (Å²) < 4.78 is 5.51. The molecule has 2 heteroatoms. The van der Waals surface area contributed by atoms with Crippen molar-refractivity contribution in [2.24, 2.45) is 0 Å². The van der Waals surface area contributed by atoms with E-state index in [1.807, 2.05) is 22.7 Å². The van der Waals surface area contributed by atoms with Crippen LogP contribution in [0.5, 0.6) is 0 Å². The van der Waals surface area contributed by atoms with Crippen LogP contribution in [0.3, 0.4) is 0 Å². The van der Waals surface area contributed by atoms with Crippen molar-refractivity contribution in [1.29, 1.82) is 0 Å². The summed E-state index contributed by atoms with van der Waals surface area (Å²) >= 11 is 3.85. The number of thiophene rings is 2. The lowest BCUT2D eigenvalue weighted by atomic mass is 9.99. The van der Waals surface area contributed by atoms with Crippen LogP contribution in [0.4, 0.5) is 0 Å². The van der Waals surface area contributed by atoms with E-state index in [1.54, 1.807) is 0 Å². The van der Waals surface area contributed by atoms with E-state index in [2.05, 4.69) is 109 Å². The number of hydrogen-bond acceptors (Lipinski definition) is 2. The smallest absolute Gasteiger partial charge is 0.0434 e. The molecule has 0 fully saturated rings. The van der Waals surface area contributed by atoms with Gasteiger partial charge in [0.1, 0.15) is 0 Å². The van der Waals surface area contributed by atoms with Gasteiger partial charge in [-0.05, 0) is 68.7 Å². The molecule has 0 nitrogen and oxygen atoms in total. The lowest BCUT2D eigenvalue weighted by molar-refractivity contribution is 1.81. The van der Waals surface area contributed by atoms with E-state index in [0.717, 1.165) is 0 Å². The first-order chi connectivity index (χ1) is 17.8. The Morgan fingerprint density at radius 2 is 0.694 bits per heavy atom. The van der Waals surface area contributed by atoms with Crippen molar-refractivity contribution < 1.29 is 0 Å². The Kier molecular flexibility index (Phi) is 3.64. The molecule has 166 valence electrons. The third-order valence-corrected chi connectivity index (χ3v) is 10.2. The molecule has 2 aromatic heterocycles. The minimum atomic E-state index is 1.31. The molecule has 0 radical (unpaired) electrons. The van der Waals surface area contributed by atoms with E-state index in [9.17, 15) is 0 Å². The molecule has 0 aliphatic rings. The second kappa shape index (κ2) is 6.82. The molecule has 0 atom stereocenters. The first kappa shape index (κ1) is 19.2. The molecular formula is C34H18S2. The average molecular weight is 491 g/mol. The highest BCUT2D eigenvalue weighted by molar-refractivity contribution is 7.27. The third kappa shape index (κ3) is 2.53. The van der Waals surface area contributed by atoms with E-state index in [-0.39, 0.29) is 0 Å². The van der Waals surface area contributed by atoms with Crippen molar-refractivity contribution in [3.63, 3.8) is 0 Å². The summed E-state index contributed by atoms with van der Waals surface area (Å²) in [4.78, 5) is 0. The van der Waals surface area contributed by atoms with Gasteiger partial charge in [0, 0.05) is 51.1 Å². The van der Waals surface area contributed by atoms with Gasteiger partial charge in [-0.3, -0.25) is 0 Å². The molecule has 0 N–H and O–H groups in total. The molecule has 0 aliphatic carbocycles. The Labute approximate surface area is 214 Å². The monoisotopic (exact) mass is 490 g/mol. The van der Waals surface area contributed by atoms with Crippen molar-refractivity contribution in [1.82, 2.24) is 0 Å². The molecule has 0 saturated carbocycles. The van der Waals surface area contributed by atoms with Gasteiger partial charge in [-0.1, -0.05) is 72.8 Å². The Balaban J connectivity index is 1.37. The van der Waals surface area contributed by atoms with Crippen LogP contribution in [0.15, 0.2) is 109 Å². The predicted molar refractivity (Wildman–Crippen MR) is 162 cm³/mol. The lowest BCUT2D eigenvalue weighted by Gasteiger charge is -2.05. The van der Waals surface area contributed by atoms with Gasteiger partial charge in [0.05, 0.1) is 0 Å². The van der Waals surface area contributed by atoms with Crippen LogP contribution in [0.1, 0.15) is 0 Å². The van der Waals surface area contributed by atoms with Gasteiger partial charge in [0.2, 0.25) is 0 Å². The third-order valence-electron chi connectivity index (χ3n) is 7.76. The molecule has 2 heterocycles. The molecule has 0 saturated heterocycles. The van der Waals surface area contributed by atoms with Gasteiger partial charge in [-0.2, -0.15) is 0 Å². The molecular weight excluding hydrogens is 473 g/mol. The fourth-order valence-electron chi connectivity index (χ4n) is 5.98. The highest BCUT2D eigenvalue weighted by Crippen LogP contribution is 2.44. The Bertz CT molecular complexity index is 2200. The molecule has 0 bridgehead atoms. The minimum Gasteiger partial charge on any atom is -0.135 e. The van der Waals surface area contributed by atoms with Gasteiger partial charge in [0.15, 0.2) is 0 Å². The fraction of sp³-hybridized carbons (Fsp3) is 0. The summed E-state index contributed by atoms with van der Waals surface area (Å²) in [6, 6.07) is 40.9. The van der Waals surface area contributed by atoms with Gasteiger partial charge in [0.25, 0.3) is 0 Å². The first-order valence-corrected chi connectivity index (χ1v) is 13.9. The second-order valence-electron chi connectivity index (χ2n) is 9.77. The van der Waals surface area contributed by atoms with Crippen LogP contribution in [-0.4, -0.2) is 0 Å². The zero-order valence-electron chi connectivity index (χ0n) is 19.2. The summed E-state index contributed by atoms with van der Waals surface area (Å²) in [6.07, 6.45) is 0. The molecule has 0 aliphatic heterocycles. The summed E-state index contributed by atoms with van der Waals surface area (Å²) in [5, 5.41) is 16.0. The number of hydrogen-bond donors (Lipinski definition) is 0. The van der Waals surface area contributed by atoms with Crippen molar-refractivity contribution in [3.8, 4) is 0 Å². The topological polar surface area (TPSA) is 0 Å². The van der Waals surface area contributed by atoms with Gasteiger partial charge in [-0.25, -0.2) is 0 Å². The van der Waals surface area contributed by atoms with Crippen LogP contribution >= 0.6 is 22.7 Å². The highest BCUT2D eigenvalue weighted by atomic mass is 32.1. The van der Waals surface area contributed by atoms with E-state index in [0.29, 0.717) is 0 Å². The van der Waals surface area contributed by atoms with Gasteiger partial charge >= 0.3 is 0 Å². The van der Waals surface area contributed by atoms with Crippen LogP contribution in [0, 0.1) is 0 Å². The summed E-state index contributed by atoms with van der Waals surface area (Å²) in [7, 11) is 0. The summed E-state index contributed by atoms with van der Waals surface area (Å²) in [5.41, 5.74) is 0. The van der Waals surface area contributed by atoms with Crippen molar-refractivity contribution >= 4 is 106 Å². The molecule has 36 heavy (non-hydrogen) atoms. The quantitative estimate of drug-likeness (QED) is 0.185. The highest BCUT2D eigenvalue weighted by Gasteiger charge is 2.14. The van der Waals surface area contributed by atoms with E-state index >= 15 is 0 Å². The Morgan fingerprint density at radius 3 is 1.14 bits per heavy atom. The number of rotatable bonds is 0. The molecule has 9 aromatic rings. The molecule has 7 aromatic carbocycles. The van der Waals surface area contributed by atoms with Crippen LogP contribution in [0.2, 0.25) is 0 Å². The molecule has 9 rings (SSSR count). The first-order valence-electron chi connectivity index (χ1n) is 12.3. The van der Waals surface area contributed by atoms with Crippen molar-refractivity contribution in [2.45, 2.75) is 0 Å². The largest absolute Gasteiger partial charge is 0.135 e. The number of benzene rings is 7. The van der Waals surface area contributed by atoms with Crippen LogP contribution in [0.25, 0.3) is 83.4 Å². The maximum atomic E-state index is 2.42. The van der Waals surface area contributed by atoms with E-state index in [1.165, 1.54) is 83.4 Å². The number of fused-ring (bicyclic) bond motifs is 12. The Hall–Kier alpha value is -3.98. The van der Waals surface area contributed by atoms with E-state index < -0.39 is 0 Å². The molecule has 0 unspecified atom stereocenters. The average Bonchev–Trinajstić information content (AvgIpc) is 3.47. The standard InChI is InChI=1S/C34H18S2/c1-3-7-21-17-31-29(13-19(21)5-1)25-11-9-23-16-28-24(15-27(23)33(25)35-31)10-12-26-30-14-20-6-2-4-8-22(20)18-32(30)36-34(26)28/h1-18H. The lowest BCUT2D eigenvalue weighted by Crippen LogP contribution is -1.78. The van der Waals surface area contributed by atoms with Crippen LogP contribution in [-0.2, 0) is 0 Å². The Morgan fingerprint density at radius 1 is 0.306 bits per heavy atom. The van der Waals surface area contributed by atoms with Crippen LogP contribution < -0.4 is 0 Å². The normalized spacial score (nSPS) is 12.4. The second-order valence-corrected chi connectivity index (χ2v) is 11.9. The van der Waals surface area contributed by atoms with E-state index in [4.69, 9.17) is 0 Å². The summed E-state index contributed by atoms with van der Waals surface area (Å²) in [5.74, 6) is 0. The predicted octanol–water partition coefficient (Wildman–Crippen LogP) is 11.0. The fourth-order valence-corrected chi connectivity index (χ4v) is 8.50. The maximum Gasteiger partial charge on any atom is 0.0434 e. The maximum absolute atomic E-state index is 2.42.